The van der Waals surface area contributed by atoms with Gasteiger partial charge in [0.25, 0.3) is 5.91 Å². The Morgan fingerprint density at radius 1 is 1.19 bits per heavy atom. The highest BCUT2D eigenvalue weighted by molar-refractivity contribution is 7.92. The molecule has 2 N–H and O–H groups in total. The first-order valence-corrected chi connectivity index (χ1v) is 10.4. The minimum Gasteiger partial charge on any atom is -0.357 e. The van der Waals surface area contributed by atoms with E-state index in [0.717, 1.165) is 25.2 Å². The first-order chi connectivity index (χ1) is 12.3. The molecule has 7 nitrogen and oxygen atoms in total. The van der Waals surface area contributed by atoms with Crippen LogP contribution >= 0.6 is 11.6 Å². The van der Waals surface area contributed by atoms with Gasteiger partial charge in [0.1, 0.15) is 5.82 Å². The van der Waals surface area contributed by atoms with E-state index in [1.165, 1.54) is 31.0 Å². The molecule has 0 radical (unpaired) electrons. The lowest BCUT2D eigenvalue weighted by Crippen LogP contribution is -2.19. The van der Waals surface area contributed by atoms with Gasteiger partial charge in [-0.1, -0.05) is 11.6 Å². The topological polar surface area (TPSA) is 91.4 Å². The summed E-state index contributed by atoms with van der Waals surface area (Å²) >= 11 is 5.97. The zero-order chi connectivity index (χ0) is 18.7. The number of benzene rings is 1. The summed E-state index contributed by atoms with van der Waals surface area (Å²) in [5.41, 5.74) is 0.999. The fourth-order valence-electron chi connectivity index (χ4n) is 2.74. The number of hydrogen-bond acceptors (Lipinski definition) is 5. The van der Waals surface area contributed by atoms with Crippen LogP contribution in [0.2, 0.25) is 5.02 Å². The van der Waals surface area contributed by atoms with E-state index in [9.17, 15) is 13.2 Å². The first kappa shape index (κ1) is 18.5. The Morgan fingerprint density at radius 3 is 2.54 bits per heavy atom. The summed E-state index contributed by atoms with van der Waals surface area (Å²) in [4.78, 5) is 19.0. The summed E-state index contributed by atoms with van der Waals surface area (Å²) in [7, 11) is -3.49. The molecule has 26 heavy (non-hydrogen) atoms. The van der Waals surface area contributed by atoms with E-state index < -0.39 is 10.0 Å². The second kappa shape index (κ2) is 7.51. The molecule has 1 aromatic heterocycles. The molecule has 0 bridgehead atoms. The maximum atomic E-state index is 12.4. The Kier molecular flexibility index (Phi) is 5.33. The number of carbonyl (C=O) groups excluding carboxylic acids is 1. The fourth-order valence-corrected chi connectivity index (χ4v) is 3.53. The highest BCUT2D eigenvalue weighted by atomic mass is 35.5. The van der Waals surface area contributed by atoms with E-state index in [-0.39, 0.29) is 22.2 Å². The van der Waals surface area contributed by atoms with Crippen molar-refractivity contribution in [2.75, 3.05) is 34.3 Å². The van der Waals surface area contributed by atoms with Crippen LogP contribution in [0.1, 0.15) is 23.2 Å². The lowest BCUT2D eigenvalue weighted by Gasteiger charge is -2.16. The number of halogens is 1. The van der Waals surface area contributed by atoms with Crippen molar-refractivity contribution in [1.29, 1.82) is 0 Å². The Labute approximate surface area is 157 Å². The van der Waals surface area contributed by atoms with Crippen molar-refractivity contribution < 1.29 is 13.2 Å². The zero-order valence-electron chi connectivity index (χ0n) is 14.2. The summed E-state index contributed by atoms with van der Waals surface area (Å²) in [5, 5.41) is 2.96. The normalized spacial score (nSPS) is 14.3. The average Bonchev–Trinajstić information content (AvgIpc) is 3.11. The largest absolute Gasteiger partial charge is 0.357 e. The molecule has 1 aliphatic heterocycles. The van der Waals surface area contributed by atoms with E-state index in [2.05, 4.69) is 19.9 Å². The molecule has 3 rings (SSSR count). The van der Waals surface area contributed by atoms with Gasteiger partial charge in [0.15, 0.2) is 0 Å². The molecule has 0 atom stereocenters. The van der Waals surface area contributed by atoms with Gasteiger partial charge in [0.05, 0.1) is 28.9 Å². The van der Waals surface area contributed by atoms with Crippen molar-refractivity contribution in [2.45, 2.75) is 12.8 Å². The molecule has 0 spiro atoms. The third-order valence-corrected chi connectivity index (χ3v) is 4.88. The Hall–Kier alpha value is -2.32. The predicted octanol–water partition coefficient (Wildman–Crippen LogP) is 2.96. The van der Waals surface area contributed by atoms with Gasteiger partial charge < -0.3 is 10.2 Å². The van der Waals surface area contributed by atoms with Crippen molar-refractivity contribution in [1.82, 2.24) is 4.98 Å². The fraction of sp³-hybridized carbons (Fsp3) is 0.294. The number of sulfonamides is 1. The molecular formula is C17H19ClN4O3S. The molecule has 0 saturated carbocycles. The maximum absolute atomic E-state index is 12.4. The molecule has 0 unspecified atom stereocenters. The maximum Gasteiger partial charge on any atom is 0.255 e. The highest BCUT2D eigenvalue weighted by Gasteiger charge is 2.14. The summed E-state index contributed by atoms with van der Waals surface area (Å²) in [6.45, 7) is 2.00. The molecule has 1 aliphatic rings. The van der Waals surface area contributed by atoms with Gasteiger partial charge >= 0.3 is 0 Å². The number of nitrogens with zero attached hydrogens (tertiary/aromatic N) is 2. The quantitative estimate of drug-likeness (QED) is 0.813. The summed E-state index contributed by atoms with van der Waals surface area (Å²) < 4.78 is 25.1. The molecular weight excluding hydrogens is 376 g/mol. The van der Waals surface area contributed by atoms with Crippen molar-refractivity contribution in [3.05, 3.63) is 47.1 Å². The minimum atomic E-state index is -3.49. The summed E-state index contributed by atoms with van der Waals surface area (Å²) in [5.74, 6) is 0.514. The average molecular weight is 395 g/mol. The number of anilines is 3. The van der Waals surface area contributed by atoms with Crippen LogP contribution in [-0.4, -0.2) is 38.7 Å². The molecule has 138 valence electrons. The number of rotatable bonds is 5. The zero-order valence-corrected chi connectivity index (χ0v) is 15.8. The molecule has 1 fully saturated rings. The van der Waals surface area contributed by atoms with Crippen molar-refractivity contribution in [2.24, 2.45) is 0 Å². The number of nitrogens with one attached hydrogen (secondary N) is 2. The number of carbonyl (C=O) groups is 1. The van der Waals surface area contributed by atoms with E-state index in [1.807, 2.05) is 6.07 Å². The minimum absolute atomic E-state index is 0.157. The smallest absolute Gasteiger partial charge is 0.255 e. The number of pyridine rings is 1. The van der Waals surface area contributed by atoms with Gasteiger partial charge in [0.2, 0.25) is 10.0 Å². The van der Waals surface area contributed by atoms with Crippen molar-refractivity contribution in [3.63, 3.8) is 0 Å². The monoisotopic (exact) mass is 394 g/mol. The van der Waals surface area contributed by atoms with E-state index in [4.69, 9.17) is 11.6 Å². The Balaban J connectivity index is 1.72. The standard InChI is InChI=1S/C17H19ClN4O3S/c1-26(24,25)21-15-10-12(4-6-14(15)18)17(23)20-13-5-7-16(19-11-13)22-8-2-3-9-22/h4-7,10-11,21H,2-3,8-9H2,1H3,(H,20,23). The van der Waals surface area contributed by atoms with Crippen LogP contribution in [0.3, 0.4) is 0 Å². The number of amides is 1. The van der Waals surface area contributed by atoms with Crippen LogP contribution in [0.15, 0.2) is 36.5 Å². The van der Waals surface area contributed by atoms with E-state index >= 15 is 0 Å². The van der Waals surface area contributed by atoms with Gasteiger partial charge in [-0.15, -0.1) is 0 Å². The Bertz CT molecular complexity index is 910. The SMILES string of the molecule is CS(=O)(=O)Nc1cc(C(=O)Nc2ccc(N3CCCC3)nc2)ccc1Cl. The van der Waals surface area contributed by atoms with Crippen LogP contribution in [0.4, 0.5) is 17.2 Å². The lowest BCUT2D eigenvalue weighted by atomic mass is 10.2. The number of hydrogen-bond donors (Lipinski definition) is 2. The lowest BCUT2D eigenvalue weighted by molar-refractivity contribution is 0.102. The second-order valence-electron chi connectivity index (χ2n) is 6.12. The molecule has 2 aromatic rings. The Morgan fingerprint density at radius 2 is 1.92 bits per heavy atom. The highest BCUT2D eigenvalue weighted by Crippen LogP contribution is 2.25. The van der Waals surface area contributed by atoms with Crippen molar-refractivity contribution >= 4 is 44.7 Å². The van der Waals surface area contributed by atoms with Gasteiger partial charge in [0, 0.05) is 18.7 Å². The van der Waals surface area contributed by atoms with E-state index in [0.29, 0.717) is 5.69 Å². The molecule has 2 heterocycles. The molecule has 1 amide bonds. The van der Waals surface area contributed by atoms with Crippen LogP contribution < -0.4 is 14.9 Å². The summed E-state index contributed by atoms with van der Waals surface area (Å²) in [6.07, 6.45) is 4.96. The van der Waals surface area contributed by atoms with Crippen LogP contribution in [0.25, 0.3) is 0 Å². The van der Waals surface area contributed by atoms with Gasteiger partial charge in [-0.25, -0.2) is 13.4 Å². The summed E-state index contributed by atoms with van der Waals surface area (Å²) in [6, 6.07) is 8.06. The molecule has 1 aromatic carbocycles. The van der Waals surface area contributed by atoms with E-state index in [1.54, 1.807) is 12.3 Å². The van der Waals surface area contributed by atoms with Crippen molar-refractivity contribution in [3.8, 4) is 0 Å². The molecule has 1 saturated heterocycles. The predicted molar refractivity (Wildman–Crippen MR) is 104 cm³/mol. The van der Waals surface area contributed by atoms with Gasteiger partial charge in [-0.05, 0) is 43.2 Å². The van der Waals surface area contributed by atoms with Gasteiger partial charge in [-0.2, -0.15) is 0 Å². The molecule has 9 heteroatoms. The van der Waals surface area contributed by atoms with Crippen LogP contribution in [-0.2, 0) is 10.0 Å². The van der Waals surface area contributed by atoms with Crippen LogP contribution in [0.5, 0.6) is 0 Å². The second-order valence-corrected chi connectivity index (χ2v) is 8.28. The van der Waals surface area contributed by atoms with Gasteiger partial charge in [-0.3, -0.25) is 9.52 Å². The third kappa shape index (κ3) is 4.64. The third-order valence-electron chi connectivity index (χ3n) is 3.96. The number of aromatic nitrogens is 1. The molecule has 0 aliphatic carbocycles. The first-order valence-electron chi connectivity index (χ1n) is 8.11. The van der Waals surface area contributed by atoms with Crippen LogP contribution in [0, 0.1) is 0 Å².